The number of carbonyl (C=O) groups excluding carboxylic acids is 2. The van der Waals surface area contributed by atoms with Gasteiger partial charge in [-0.3, -0.25) is 9.89 Å². The molecule has 5 aliphatic rings. The largest absolute Gasteiger partial charge is 0.444 e. The van der Waals surface area contributed by atoms with Crippen molar-refractivity contribution in [3.05, 3.63) is 35.2 Å². The fourth-order valence-corrected chi connectivity index (χ4v) is 5.22. The zero-order chi connectivity index (χ0) is 22.1. The summed E-state index contributed by atoms with van der Waals surface area (Å²) < 4.78 is 11.4. The molecule has 2 unspecified atom stereocenters. The molecule has 3 aliphatic carbocycles. The molecule has 10 heteroatoms. The number of ether oxygens (including phenoxy) is 2. The first-order chi connectivity index (χ1) is 15.3. The summed E-state index contributed by atoms with van der Waals surface area (Å²) in [6, 6.07) is 5.38. The van der Waals surface area contributed by atoms with Gasteiger partial charge in [-0.1, -0.05) is 0 Å². The van der Waals surface area contributed by atoms with Crippen LogP contribution in [0.5, 0.6) is 0 Å². The summed E-state index contributed by atoms with van der Waals surface area (Å²) in [7, 11) is 0. The third-order valence-electron chi connectivity index (χ3n) is 7.00. The standard InChI is InChI=1S/C22H26N6O4/c1-21(2)18-13(19(29)25-21)3-4-16(24-18)23-17-6-14(27-28-17)15-5-12(10-31-15)32-20(30)26-22-7-11(8-22)9-22/h3-4,6,11-12,15H,5,7-10H2,1-2H3,(H,25,29)(H,26,30)(H2,23,24,27,28). The smallest absolute Gasteiger partial charge is 0.407 e. The molecule has 2 bridgehead atoms. The van der Waals surface area contributed by atoms with Crippen LogP contribution in [0, 0.1) is 5.92 Å². The van der Waals surface area contributed by atoms with Gasteiger partial charge in [0.25, 0.3) is 5.91 Å². The normalized spacial score (nSPS) is 31.2. The highest BCUT2D eigenvalue weighted by atomic mass is 16.6. The van der Waals surface area contributed by atoms with Crippen LogP contribution in [0.2, 0.25) is 0 Å². The lowest BCUT2D eigenvalue weighted by Gasteiger charge is -2.61. The minimum absolute atomic E-state index is 0.00865. The van der Waals surface area contributed by atoms with Crippen LogP contribution < -0.4 is 16.0 Å². The molecule has 10 nitrogen and oxygen atoms in total. The molecule has 0 aromatic carbocycles. The van der Waals surface area contributed by atoms with E-state index in [1.54, 1.807) is 12.1 Å². The van der Waals surface area contributed by atoms with Crippen molar-refractivity contribution >= 4 is 23.6 Å². The van der Waals surface area contributed by atoms with E-state index in [4.69, 9.17) is 9.47 Å². The lowest BCUT2D eigenvalue weighted by molar-refractivity contribution is -0.0510. The summed E-state index contributed by atoms with van der Waals surface area (Å²) in [5.41, 5.74) is 1.59. The first-order valence-corrected chi connectivity index (χ1v) is 11.1. The molecule has 1 saturated heterocycles. The number of anilines is 2. The van der Waals surface area contributed by atoms with Crippen LogP contribution in [0.1, 0.15) is 67.4 Å². The monoisotopic (exact) mass is 438 g/mol. The van der Waals surface area contributed by atoms with E-state index in [-0.39, 0.29) is 29.7 Å². The van der Waals surface area contributed by atoms with E-state index in [1.165, 1.54) is 0 Å². The van der Waals surface area contributed by atoms with Gasteiger partial charge in [0.2, 0.25) is 0 Å². The number of amides is 2. The number of hydrogen-bond donors (Lipinski definition) is 4. The fourth-order valence-electron chi connectivity index (χ4n) is 5.22. The minimum Gasteiger partial charge on any atom is -0.444 e. The van der Waals surface area contributed by atoms with E-state index in [0.717, 1.165) is 30.9 Å². The summed E-state index contributed by atoms with van der Waals surface area (Å²) in [6.45, 7) is 4.20. The Morgan fingerprint density at radius 2 is 2.06 bits per heavy atom. The second kappa shape index (κ2) is 6.68. The van der Waals surface area contributed by atoms with Crippen molar-refractivity contribution in [2.75, 3.05) is 11.9 Å². The molecular weight excluding hydrogens is 412 g/mol. The highest BCUT2D eigenvalue weighted by molar-refractivity contribution is 5.99. The predicted molar refractivity (Wildman–Crippen MR) is 113 cm³/mol. The van der Waals surface area contributed by atoms with Gasteiger partial charge in [0.05, 0.1) is 29.1 Å². The Hall–Kier alpha value is -3.14. The van der Waals surface area contributed by atoms with Crippen molar-refractivity contribution in [2.24, 2.45) is 5.92 Å². The second-order valence-electron chi connectivity index (χ2n) is 9.97. The van der Waals surface area contributed by atoms with Crippen LogP contribution in [-0.2, 0) is 15.0 Å². The van der Waals surface area contributed by atoms with Crippen LogP contribution in [-0.4, -0.2) is 45.4 Å². The molecule has 2 atom stereocenters. The van der Waals surface area contributed by atoms with E-state index >= 15 is 0 Å². The number of fused-ring (bicyclic) bond motifs is 1. The summed E-state index contributed by atoms with van der Waals surface area (Å²) in [5.74, 6) is 1.89. The van der Waals surface area contributed by atoms with E-state index in [2.05, 4.69) is 31.1 Å². The third kappa shape index (κ3) is 3.21. The van der Waals surface area contributed by atoms with Gasteiger partial charge in [-0.15, -0.1) is 0 Å². The number of pyridine rings is 1. The molecular formula is C22H26N6O4. The van der Waals surface area contributed by atoms with Gasteiger partial charge in [0.15, 0.2) is 5.82 Å². The van der Waals surface area contributed by atoms with Gasteiger partial charge in [-0.25, -0.2) is 9.78 Å². The number of hydrogen-bond acceptors (Lipinski definition) is 7. The highest BCUT2D eigenvalue weighted by Crippen LogP contribution is 2.56. The number of H-pyrrole nitrogens is 1. The molecule has 4 fully saturated rings. The van der Waals surface area contributed by atoms with Crippen LogP contribution in [0.3, 0.4) is 0 Å². The Morgan fingerprint density at radius 3 is 2.81 bits per heavy atom. The lowest BCUT2D eigenvalue weighted by atomic mass is 9.50. The lowest BCUT2D eigenvalue weighted by Crippen LogP contribution is -2.68. The van der Waals surface area contributed by atoms with Crippen molar-refractivity contribution in [3.8, 4) is 0 Å². The third-order valence-corrected chi connectivity index (χ3v) is 7.00. The Morgan fingerprint density at radius 1 is 1.25 bits per heavy atom. The van der Waals surface area contributed by atoms with E-state index in [9.17, 15) is 9.59 Å². The van der Waals surface area contributed by atoms with Crippen molar-refractivity contribution in [2.45, 2.75) is 62.8 Å². The molecule has 0 radical (unpaired) electrons. The van der Waals surface area contributed by atoms with Crippen LogP contribution >= 0.6 is 0 Å². The summed E-state index contributed by atoms with van der Waals surface area (Å²) >= 11 is 0. The van der Waals surface area contributed by atoms with Crippen molar-refractivity contribution < 1.29 is 19.1 Å². The summed E-state index contributed by atoms with van der Waals surface area (Å²) in [5, 5.41) is 16.4. The van der Waals surface area contributed by atoms with Gasteiger partial charge in [0, 0.05) is 18.0 Å². The van der Waals surface area contributed by atoms with Gasteiger partial charge in [-0.05, 0) is 51.2 Å². The zero-order valence-corrected chi connectivity index (χ0v) is 18.0. The Balaban J connectivity index is 1.07. The van der Waals surface area contributed by atoms with Crippen molar-refractivity contribution in [1.82, 2.24) is 25.8 Å². The van der Waals surface area contributed by atoms with E-state index in [1.807, 2.05) is 19.9 Å². The molecule has 0 spiro atoms. The van der Waals surface area contributed by atoms with Crippen molar-refractivity contribution in [3.63, 3.8) is 0 Å². The molecule has 7 rings (SSSR count). The SMILES string of the molecule is CC1(C)NC(=O)c2ccc(Nc3cc(C4CC(OC(=O)NC56CC(C5)C6)CO4)[nH]n3)nc21. The average molecular weight is 438 g/mol. The molecule has 32 heavy (non-hydrogen) atoms. The van der Waals surface area contributed by atoms with Gasteiger partial charge < -0.3 is 25.4 Å². The molecule has 2 aromatic heterocycles. The predicted octanol–water partition coefficient (Wildman–Crippen LogP) is 2.64. The number of alkyl carbamates (subject to hydrolysis) is 1. The average Bonchev–Trinajstić information content (AvgIpc) is 3.37. The topological polar surface area (TPSA) is 130 Å². The maximum atomic E-state index is 12.2. The molecule has 2 amide bonds. The van der Waals surface area contributed by atoms with E-state index < -0.39 is 5.54 Å². The van der Waals surface area contributed by atoms with Crippen molar-refractivity contribution in [1.29, 1.82) is 0 Å². The number of aromatic nitrogens is 3. The number of nitrogens with one attached hydrogen (secondary N) is 4. The Bertz CT molecular complexity index is 1090. The number of rotatable bonds is 5. The zero-order valence-electron chi connectivity index (χ0n) is 18.0. The number of carbonyl (C=O) groups is 2. The van der Waals surface area contributed by atoms with Crippen LogP contribution in [0.25, 0.3) is 0 Å². The molecule has 4 N–H and O–H groups in total. The van der Waals surface area contributed by atoms with E-state index in [0.29, 0.717) is 35.9 Å². The maximum absolute atomic E-state index is 12.2. The fraction of sp³-hybridized carbons (Fsp3) is 0.545. The number of aromatic amines is 1. The minimum atomic E-state index is -0.515. The maximum Gasteiger partial charge on any atom is 0.407 e. The quantitative estimate of drug-likeness (QED) is 0.564. The molecule has 2 aliphatic heterocycles. The molecule has 168 valence electrons. The Kier molecular flexibility index (Phi) is 4.08. The summed E-state index contributed by atoms with van der Waals surface area (Å²) in [6.07, 6.45) is 2.97. The van der Waals surface area contributed by atoms with Gasteiger partial charge in [-0.2, -0.15) is 5.10 Å². The first-order valence-electron chi connectivity index (χ1n) is 11.1. The van der Waals surface area contributed by atoms with Crippen LogP contribution in [0.4, 0.5) is 16.4 Å². The highest BCUT2D eigenvalue weighted by Gasteiger charge is 2.57. The molecule has 3 saturated carbocycles. The Labute approximate surface area is 184 Å². The number of nitrogens with zero attached hydrogens (tertiary/aromatic N) is 2. The van der Waals surface area contributed by atoms with Gasteiger partial charge >= 0.3 is 6.09 Å². The summed E-state index contributed by atoms with van der Waals surface area (Å²) in [4.78, 5) is 28.8. The first kappa shape index (κ1) is 19.5. The molecule has 2 aromatic rings. The molecule has 4 heterocycles. The van der Waals surface area contributed by atoms with Gasteiger partial charge in [0.1, 0.15) is 18.0 Å². The van der Waals surface area contributed by atoms with Crippen LogP contribution in [0.15, 0.2) is 18.2 Å². The second-order valence-corrected chi connectivity index (χ2v) is 9.97.